The molecule has 0 aliphatic heterocycles. The van der Waals surface area contributed by atoms with E-state index in [1.54, 1.807) is 0 Å². The van der Waals surface area contributed by atoms with Gasteiger partial charge in [0.15, 0.2) is 5.69 Å². The Balaban J connectivity index is 2.71. The third kappa shape index (κ3) is 1.46. The van der Waals surface area contributed by atoms with Crippen LogP contribution in [0.15, 0.2) is 18.2 Å². The Hall–Kier alpha value is -1.88. The molecule has 3 N–H and O–H groups in total. The molecule has 15 heavy (non-hydrogen) atoms. The van der Waals surface area contributed by atoms with Gasteiger partial charge in [-0.15, -0.1) is 0 Å². The van der Waals surface area contributed by atoms with Gasteiger partial charge in [0.2, 0.25) is 0 Å². The van der Waals surface area contributed by atoms with Crippen LogP contribution >= 0.6 is 0 Å². The number of nitrogens with one attached hydrogen (secondary N) is 1. The summed E-state index contributed by atoms with van der Waals surface area (Å²) in [6.45, 7) is 0.362. The highest BCUT2D eigenvalue weighted by atomic mass is 16.5. The molecular weight excluding hydrogens is 194 g/mol. The quantitative estimate of drug-likeness (QED) is 0.711. The number of rotatable bonds is 2. The predicted octanol–water partition coefficient (Wildman–Crippen LogP) is 0.808. The van der Waals surface area contributed by atoms with E-state index in [0.29, 0.717) is 6.54 Å². The second-order valence-corrected chi connectivity index (χ2v) is 3.11. The summed E-state index contributed by atoms with van der Waals surface area (Å²) in [6, 6.07) is 5.57. The average molecular weight is 205 g/mol. The van der Waals surface area contributed by atoms with Crippen molar-refractivity contribution in [1.82, 2.24) is 10.2 Å². The van der Waals surface area contributed by atoms with Crippen molar-refractivity contribution in [2.75, 3.05) is 7.11 Å². The number of carbonyl (C=O) groups excluding carboxylic acids is 1. The van der Waals surface area contributed by atoms with Gasteiger partial charge in [-0.2, -0.15) is 5.10 Å². The van der Waals surface area contributed by atoms with E-state index in [0.717, 1.165) is 16.5 Å². The third-order valence-electron chi connectivity index (χ3n) is 2.27. The molecule has 0 aliphatic rings. The van der Waals surface area contributed by atoms with Gasteiger partial charge in [-0.25, -0.2) is 4.79 Å². The molecular formula is C10H11N3O2. The minimum Gasteiger partial charge on any atom is -0.464 e. The van der Waals surface area contributed by atoms with Crippen molar-refractivity contribution < 1.29 is 9.53 Å². The topological polar surface area (TPSA) is 81.0 Å². The Morgan fingerprint density at radius 1 is 1.60 bits per heavy atom. The SMILES string of the molecule is COC(=O)c1n[nH]c2cccc(CN)c12. The number of nitrogens with zero attached hydrogens (tertiary/aromatic N) is 1. The molecule has 0 spiro atoms. The minimum absolute atomic E-state index is 0.286. The highest BCUT2D eigenvalue weighted by molar-refractivity contribution is 6.03. The van der Waals surface area contributed by atoms with Gasteiger partial charge in [0.1, 0.15) is 0 Å². The van der Waals surface area contributed by atoms with E-state index >= 15 is 0 Å². The number of aromatic nitrogens is 2. The van der Waals surface area contributed by atoms with E-state index in [-0.39, 0.29) is 5.69 Å². The summed E-state index contributed by atoms with van der Waals surface area (Å²) in [4.78, 5) is 11.4. The van der Waals surface area contributed by atoms with Gasteiger partial charge in [0, 0.05) is 11.9 Å². The number of esters is 1. The zero-order chi connectivity index (χ0) is 10.8. The predicted molar refractivity (Wildman–Crippen MR) is 55.3 cm³/mol. The summed E-state index contributed by atoms with van der Waals surface area (Å²) in [6.07, 6.45) is 0. The molecule has 0 unspecified atom stereocenters. The maximum atomic E-state index is 11.4. The van der Waals surface area contributed by atoms with E-state index in [1.165, 1.54) is 7.11 Å². The number of hydrogen-bond acceptors (Lipinski definition) is 4. The number of carbonyl (C=O) groups is 1. The molecule has 0 radical (unpaired) electrons. The van der Waals surface area contributed by atoms with Crippen molar-refractivity contribution in [3.8, 4) is 0 Å². The molecule has 1 heterocycles. The molecule has 1 aromatic carbocycles. The van der Waals surface area contributed by atoms with Crippen LogP contribution in [0.1, 0.15) is 16.1 Å². The number of methoxy groups -OCH3 is 1. The Bertz CT molecular complexity index is 504. The largest absolute Gasteiger partial charge is 0.464 e. The molecule has 78 valence electrons. The molecule has 5 nitrogen and oxygen atoms in total. The molecule has 0 aliphatic carbocycles. The number of fused-ring (bicyclic) bond motifs is 1. The fraction of sp³-hybridized carbons (Fsp3) is 0.200. The Kier molecular flexibility index (Phi) is 2.39. The molecule has 0 atom stereocenters. The van der Waals surface area contributed by atoms with Crippen LogP contribution in [-0.4, -0.2) is 23.3 Å². The minimum atomic E-state index is -0.456. The molecule has 2 aromatic rings. The van der Waals surface area contributed by atoms with Crippen LogP contribution in [0.25, 0.3) is 10.9 Å². The number of aromatic amines is 1. The molecule has 0 saturated heterocycles. The monoisotopic (exact) mass is 205 g/mol. The summed E-state index contributed by atoms with van der Waals surface area (Å²) in [7, 11) is 1.33. The van der Waals surface area contributed by atoms with Gasteiger partial charge in [0.25, 0.3) is 0 Å². The van der Waals surface area contributed by atoms with Gasteiger partial charge in [-0.3, -0.25) is 5.10 Å². The van der Waals surface area contributed by atoms with Crippen LogP contribution in [0.5, 0.6) is 0 Å². The highest BCUT2D eigenvalue weighted by Crippen LogP contribution is 2.20. The number of nitrogens with two attached hydrogens (primary N) is 1. The van der Waals surface area contributed by atoms with Gasteiger partial charge in [-0.05, 0) is 11.6 Å². The smallest absolute Gasteiger partial charge is 0.359 e. The number of H-pyrrole nitrogens is 1. The van der Waals surface area contributed by atoms with Gasteiger partial charge in [0.05, 0.1) is 12.6 Å². The number of benzene rings is 1. The van der Waals surface area contributed by atoms with Crippen molar-refractivity contribution in [3.63, 3.8) is 0 Å². The van der Waals surface area contributed by atoms with Crippen molar-refractivity contribution in [1.29, 1.82) is 0 Å². The summed E-state index contributed by atoms with van der Waals surface area (Å²) in [5, 5.41) is 7.43. The maximum Gasteiger partial charge on any atom is 0.359 e. The normalized spacial score (nSPS) is 10.5. The van der Waals surface area contributed by atoms with Crippen LogP contribution in [0.3, 0.4) is 0 Å². The van der Waals surface area contributed by atoms with Crippen molar-refractivity contribution >= 4 is 16.9 Å². The third-order valence-corrected chi connectivity index (χ3v) is 2.27. The fourth-order valence-electron chi connectivity index (χ4n) is 1.56. The maximum absolute atomic E-state index is 11.4. The fourth-order valence-corrected chi connectivity index (χ4v) is 1.56. The second-order valence-electron chi connectivity index (χ2n) is 3.11. The summed E-state index contributed by atoms with van der Waals surface area (Å²) >= 11 is 0. The molecule has 2 rings (SSSR count). The molecule has 0 amide bonds. The van der Waals surface area contributed by atoms with E-state index in [9.17, 15) is 4.79 Å². The first-order valence-corrected chi connectivity index (χ1v) is 4.52. The highest BCUT2D eigenvalue weighted by Gasteiger charge is 2.16. The van der Waals surface area contributed by atoms with Crippen LogP contribution in [0.2, 0.25) is 0 Å². The Labute approximate surface area is 86.2 Å². The first-order chi connectivity index (χ1) is 7.27. The first-order valence-electron chi connectivity index (χ1n) is 4.52. The Morgan fingerprint density at radius 2 is 2.40 bits per heavy atom. The lowest BCUT2D eigenvalue weighted by molar-refractivity contribution is 0.0596. The van der Waals surface area contributed by atoms with Gasteiger partial charge >= 0.3 is 5.97 Å². The van der Waals surface area contributed by atoms with E-state index in [4.69, 9.17) is 5.73 Å². The Morgan fingerprint density at radius 3 is 3.07 bits per heavy atom. The van der Waals surface area contributed by atoms with Crippen LogP contribution in [0.4, 0.5) is 0 Å². The standard InChI is InChI=1S/C10H11N3O2/c1-15-10(14)9-8-6(5-11)3-2-4-7(8)12-13-9/h2-4H,5,11H2,1H3,(H,12,13). The van der Waals surface area contributed by atoms with Crippen molar-refractivity contribution in [3.05, 3.63) is 29.5 Å². The molecule has 1 aromatic heterocycles. The lowest BCUT2D eigenvalue weighted by Gasteiger charge is -2.00. The average Bonchev–Trinajstić information content (AvgIpc) is 2.71. The lowest BCUT2D eigenvalue weighted by atomic mass is 10.1. The van der Waals surface area contributed by atoms with Crippen LogP contribution < -0.4 is 5.73 Å². The zero-order valence-electron chi connectivity index (χ0n) is 8.28. The van der Waals surface area contributed by atoms with Gasteiger partial charge < -0.3 is 10.5 Å². The number of hydrogen-bond donors (Lipinski definition) is 2. The molecule has 0 saturated carbocycles. The summed E-state index contributed by atoms with van der Waals surface area (Å²) < 4.78 is 4.64. The number of ether oxygens (including phenoxy) is 1. The summed E-state index contributed by atoms with van der Waals surface area (Å²) in [5.74, 6) is -0.456. The summed E-state index contributed by atoms with van der Waals surface area (Å²) in [5.41, 5.74) is 7.54. The first kappa shape index (κ1) is 9.67. The molecule has 0 fully saturated rings. The molecule has 5 heteroatoms. The van der Waals surface area contributed by atoms with Crippen LogP contribution in [-0.2, 0) is 11.3 Å². The van der Waals surface area contributed by atoms with Crippen LogP contribution in [0, 0.1) is 0 Å². The zero-order valence-corrected chi connectivity index (χ0v) is 8.28. The second kappa shape index (κ2) is 3.70. The van der Waals surface area contributed by atoms with Crippen molar-refractivity contribution in [2.24, 2.45) is 5.73 Å². The van der Waals surface area contributed by atoms with E-state index in [1.807, 2.05) is 18.2 Å². The van der Waals surface area contributed by atoms with Crippen molar-refractivity contribution in [2.45, 2.75) is 6.54 Å². The molecule has 0 bridgehead atoms. The van der Waals surface area contributed by atoms with E-state index in [2.05, 4.69) is 14.9 Å². The van der Waals surface area contributed by atoms with Gasteiger partial charge in [-0.1, -0.05) is 12.1 Å². The lowest BCUT2D eigenvalue weighted by Crippen LogP contribution is -2.04. The van der Waals surface area contributed by atoms with E-state index < -0.39 is 5.97 Å².